The van der Waals surface area contributed by atoms with Gasteiger partial charge in [-0.1, -0.05) is 35.9 Å². The average Bonchev–Trinajstić information content (AvgIpc) is 2.52. The van der Waals surface area contributed by atoms with Crippen molar-refractivity contribution in [2.45, 2.75) is 13.2 Å². The van der Waals surface area contributed by atoms with E-state index in [0.717, 1.165) is 23.4 Å². The Labute approximate surface area is 135 Å². The molecule has 22 heavy (non-hydrogen) atoms. The lowest BCUT2D eigenvalue weighted by Gasteiger charge is -2.13. The van der Waals surface area contributed by atoms with Gasteiger partial charge in [-0.2, -0.15) is 0 Å². The normalized spacial score (nSPS) is 10.7. The van der Waals surface area contributed by atoms with Crippen LogP contribution >= 0.6 is 11.6 Å². The molecule has 1 N–H and O–H groups in total. The van der Waals surface area contributed by atoms with E-state index in [2.05, 4.69) is 5.32 Å². The van der Waals surface area contributed by atoms with Gasteiger partial charge in [0.15, 0.2) is 0 Å². The van der Waals surface area contributed by atoms with Gasteiger partial charge in [0.05, 0.1) is 11.6 Å². The summed E-state index contributed by atoms with van der Waals surface area (Å²) >= 11 is 6.01. The summed E-state index contributed by atoms with van der Waals surface area (Å²) in [5.41, 5.74) is 1.81. The second-order valence-corrected chi connectivity index (χ2v) is 5.21. The van der Waals surface area contributed by atoms with Crippen LogP contribution in [0.5, 0.6) is 5.75 Å². The number of hydrogen-bond donors (Lipinski definition) is 1. The molecule has 3 nitrogen and oxygen atoms in total. The van der Waals surface area contributed by atoms with Gasteiger partial charge in [-0.3, -0.25) is 0 Å². The van der Waals surface area contributed by atoms with Crippen molar-refractivity contribution in [2.24, 2.45) is 0 Å². The van der Waals surface area contributed by atoms with Gasteiger partial charge in [0.2, 0.25) is 0 Å². The number of ether oxygens (including phenoxy) is 2. The van der Waals surface area contributed by atoms with E-state index in [0.29, 0.717) is 24.8 Å². The van der Waals surface area contributed by atoms with E-state index < -0.39 is 0 Å². The van der Waals surface area contributed by atoms with Crippen LogP contribution in [0.3, 0.4) is 0 Å². The number of benzene rings is 2. The summed E-state index contributed by atoms with van der Waals surface area (Å²) in [5, 5.41) is 3.65. The summed E-state index contributed by atoms with van der Waals surface area (Å²) < 4.78 is 23.9. The number of rotatable bonds is 8. The van der Waals surface area contributed by atoms with Crippen molar-refractivity contribution in [3.05, 3.63) is 64.4 Å². The molecule has 0 aliphatic heterocycles. The fourth-order valence-electron chi connectivity index (χ4n) is 1.98. The van der Waals surface area contributed by atoms with Crippen LogP contribution < -0.4 is 10.1 Å². The number of para-hydroxylation sites is 1. The summed E-state index contributed by atoms with van der Waals surface area (Å²) in [6.45, 7) is 2.42. The third-order valence-corrected chi connectivity index (χ3v) is 3.52. The van der Waals surface area contributed by atoms with Crippen molar-refractivity contribution in [1.82, 2.24) is 5.32 Å². The Kier molecular flexibility index (Phi) is 6.65. The van der Waals surface area contributed by atoms with Gasteiger partial charge >= 0.3 is 0 Å². The minimum absolute atomic E-state index is 0.300. The summed E-state index contributed by atoms with van der Waals surface area (Å²) in [7, 11) is 1.67. The van der Waals surface area contributed by atoms with Crippen molar-refractivity contribution in [3.63, 3.8) is 0 Å². The Morgan fingerprint density at radius 3 is 2.73 bits per heavy atom. The molecule has 2 rings (SSSR count). The van der Waals surface area contributed by atoms with Crippen LogP contribution in [0.2, 0.25) is 5.02 Å². The number of nitrogens with one attached hydrogen (secondary N) is 1. The van der Waals surface area contributed by atoms with Crippen LogP contribution in [0.4, 0.5) is 4.39 Å². The van der Waals surface area contributed by atoms with E-state index in [1.165, 1.54) is 12.1 Å². The van der Waals surface area contributed by atoms with Gasteiger partial charge in [-0.25, -0.2) is 4.39 Å². The van der Waals surface area contributed by atoms with Crippen LogP contribution in [0.25, 0.3) is 0 Å². The Balaban J connectivity index is 1.97. The maximum absolute atomic E-state index is 13.0. The lowest BCUT2D eigenvalue weighted by Crippen LogP contribution is -2.19. The maximum Gasteiger partial charge on any atom is 0.124 e. The standard InChI is InChI=1S/C17H19ClFNO2/c1-21-9-8-20-11-13-4-2-3-5-17(13)22-12-14-6-7-15(19)10-16(14)18/h2-7,10,20H,8-9,11-12H2,1H3. The van der Waals surface area contributed by atoms with Crippen LogP contribution in [0.15, 0.2) is 42.5 Å². The highest BCUT2D eigenvalue weighted by molar-refractivity contribution is 6.31. The Bertz CT molecular complexity index is 607. The zero-order valence-corrected chi connectivity index (χ0v) is 13.2. The summed E-state index contributed by atoms with van der Waals surface area (Å²) in [6, 6.07) is 12.1. The Morgan fingerprint density at radius 2 is 1.95 bits per heavy atom. The van der Waals surface area contributed by atoms with E-state index in [-0.39, 0.29) is 5.82 Å². The third kappa shape index (κ3) is 4.98. The fraction of sp³-hybridized carbons (Fsp3) is 0.294. The largest absolute Gasteiger partial charge is 0.489 e. The highest BCUT2D eigenvalue weighted by atomic mass is 35.5. The SMILES string of the molecule is COCCNCc1ccccc1OCc1ccc(F)cc1Cl. The van der Waals surface area contributed by atoms with Crippen LogP contribution in [0.1, 0.15) is 11.1 Å². The van der Waals surface area contributed by atoms with E-state index in [4.69, 9.17) is 21.1 Å². The van der Waals surface area contributed by atoms with Crippen LogP contribution in [-0.4, -0.2) is 20.3 Å². The quantitative estimate of drug-likeness (QED) is 0.750. The lowest BCUT2D eigenvalue weighted by atomic mass is 10.2. The highest BCUT2D eigenvalue weighted by Gasteiger charge is 2.06. The first kappa shape index (κ1) is 16.7. The molecule has 0 radical (unpaired) electrons. The molecule has 5 heteroatoms. The molecule has 0 heterocycles. The number of hydrogen-bond acceptors (Lipinski definition) is 3. The average molecular weight is 324 g/mol. The summed E-state index contributed by atoms with van der Waals surface area (Å²) in [5.74, 6) is 0.435. The van der Waals surface area contributed by atoms with Gasteiger partial charge in [-0.15, -0.1) is 0 Å². The lowest BCUT2D eigenvalue weighted by molar-refractivity contribution is 0.199. The van der Waals surface area contributed by atoms with Gasteiger partial charge in [-0.05, 0) is 18.2 Å². The van der Waals surface area contributed by atoms with Gasteiger partial charge in [0, 0.05) is 31.3 Å². The minimum atomic E-state index is -0.350. The molecule has 0 saturated heterocycles. The predicted molar refractivity (Wildman–Crippen MR) is 85.8 cm³/mol. The smallest absolute Gasteiger partial charge is 0.124 e. The third-order valence-electron chi connectivity index (χ3n) is 3.17. The monoisotopic (exact) mass is 323 g/mol. The molecule has 2 aromatic rings. The molecule has 0 fully saturated rings. The first-order valence-corrected chi connectivity index (χ1v) is 7.43. The van der Waals surface area contributed by atoms with Crippen molar-refractivity contribution in [3.8, 4) is 5.75 Å². The van der Waals surface area contributed by atoms with Crippen molar-refractivity contribution >= 4 is 11.6 Å². The van der Waals surface area contributed by atoms with E-state index >= 15 is 0 Å². The summed E-state index contributed by atoms with van der Waals surface area (Å²) in [6.07, 6.45) is 0. The summed E-state index contributed by atoms with van der Waals surface area (Å²) in [4.78, 5) is 0. The zero-order valence-electron chi connectivity index (χ0n) is 12.4. The van der Waals surface area contributed by atoms with Gasteiger partial charge in [0.25, 0.3) is 0 Å². The molecular weight excluding hydrogens is 305 g/mol. The molecule has 0 saturated carbocycles. The second kappa shape index (κ2) is 8.73. The molecule has 0 aliphatic carbocycles. The Morgan fingerprint density at radius 1 is 1.14 bits per heavy atom. The topological polar surface area (TPSA) is 30.5 Å². The first-order valence-electron chi connectivity index (χ1n) is 7.05. The molecule has 118 valence electrons. The van der Waals surface area contributed by atoms with Crippen LogP contribution in [0, 0.1) is 5.82 Å². The predicted octanol–water partition coefficient (Wildman–Crippen LogP) is 3.79. The minimum Gasteiger partial charge on any atom is -0.489 e. The first-order chi connectivity index (χ1) is 10.7. The van der Waals surface area contributed by atoms with Gasteiger partial charge in [0.1, 0.15) is 18.2 Å². The van der Waals surface area contributed by atoms with Crippen molar-refractivity contribution in [2.75, 3.05) is 20.3 Å². The molecule has 0 spiro atoms. The van der Waals surface area contributed by atoms with E-state index in [1.807, 2.05) is 24.3 Å². The highest BCUT2D eigenvalue weighted by Crippen LogP contribution is 2.22. The molecular formula is C17H19ClFNO2. The zero-order chi connectivity index (χ0) is 15.8. The van der Waals surface area contributed by atoms with E-state index in [9.17, 15) is 4.39 Å². The number of methoxy groups -OCH3 is 1. The maximum atomic E-state index is 13.0. The number of halogens is 2. The molecule has 0 bridgehead atoms. The molecule has 0 atom stereocenters. The fourth-order valence-corrected chi connectivity index (χ4v) is 2.20. The van der Waals surface area contributed by atoms with Crippen LogP contribution in [-0.2, 0) is 17.9 Å². The van der Waals surface area contributed by atoms with Gasteiger partial charge < -0.3 is 14.8 Å². The van der Waals surface area contributed by atoms with Crippen molar-refractivity contribution in [1.29, 1.82) is 0 Å². The molecule has 0 unspecified atom stereocenters. The van der Waals surface area contributed by atoms with E-state index in [1.54, 1.807) is 13.2 Å². The molecule has 0 aliphatic rings. The second-order valence-electron chi connectivity index (χ2n) is 4.80. The van der Waals surface area contributed by atoms with Crippen molar-refractivity contribution < 1.29 is 13.9 Å². The Hall–Kier alpha value is -1.62. The molecule has 2 aromatic carbocycles. The molecule has 0 amide bonds. The molecule has 0 aromatic heterocycles.